The van der Waals surface area contributed by atoms with Gasteiger partial charge in [0, 0.05) is 5.33 Å². The summed E-state index contributed by atoms with van der Waals surface area (Å²) in [6.07, 6.45) is 4.28. The SMILES string of the molecule is CC1CCC(OC(C)(C)CBr)CC1C. The highest BCUT2D eigenvalue weighted by molar-refractivity contribution is 9.09. The lowest BCUT2D eigenvalue weighted by atomic mass is 9.80. The first-order valence-corrected chi connectivity index (χ1v) is 6.80. The summed E-state index contributed by atoms with van der Waals surface area (Å²) in [4.78, 5) is 0. The summed E-state index contributed by atoms with van der Waals surface area (Å²) in [5.41, 5.74) is -0.00896. The van der Waals surface area contributed by atoms with Gasteiger partial charge in [-0.1, -0.05) is 29.8 Å². The van der Waals surface area contributed by atoms with E-state index in [9.17, 15) is 0 Å². The molecule has 14 heavy (non-hydrogen) atoms. The van der Waals surface area contributed by atoms with Gasteiger partial charge in [0.2, 0.25) is 0 Å². The topological polar surface area (TPSA) is 9.23 Å². The lowest BCUT2D eigenvalue weighted by molar-refractivity contribution is -0.0831. The molecular formula is C12H23BrO. The molecule has 0 bridgehead atoms. The molecule has 1 rings (SSSR count). The lowest BCUT2D eigenvalue weighted by Crippen LogP contribution is -2.36. The van der Waals surface area contributed by atoms with E-state index in [0.717, 1.165) is 17.2 Å². The van der Waals surface area contributed by atoms with Gasteiger partial charge >= 0.3 is 0 Å². The van der Waals surface area contributed by atoms with Gasteiger partial charge in [0.05, 0.1) is 11.7 Å². The summed E-state index contributed by atoms with van der Waals surface area (Å²) in [6.45, 7) is 9.02. The van der Waals surface area contributed by atoms with E-state index in [-0.39, 0.29) is 5.60 Å². The van der Waals surface area contributed by atoms with Crippen molar-refractivity contribution in [2.24, 2.45) is 11.8 Å². The van der Waals surface area contributed by atoms with Gasteiger partial charge in [-0.15, -0.1) is 0 Å². The molecule has 1 saturated carbocycles. The third-order valence-corrected chi connectivity index (χ3v) is 4.71. The van der Waals surface area contributed by atoms with E-state index in [2.05, 4.69) is 43.6 Å². The van der Waals surface area contributed by atoms with Gasteiger partial charge in [0.25, 0.3) is 0 Å². The Balaban J connectivity index is 2.40. The summed E-state index contributed by atoms with van der Waals surface area (Å²) >= 11 is 3.50. The molecular weight excluding hydrogens is 240 g/mol. The average Bonchev–Trinajstić information content (AvgIpc) is 2.11. The molecule has 0 radical (unpaired) electrons. The van der Waals surface area contributed by atoms with Crippen LogP contribution in [0.1, 0.15) is 47.0 Å². The first-order valence-electron chi connectivity index (χ1n) is 5.68. The number of halogens is 1. The Labute approximate surface area is 96.7 Å². The third-order valence-electron chi connectivity index (χ3n) is 3.36. The van der Waals surface area contributed by atoms with Crippen LogP contribution < -0.4 is 0 Å². The van der Waals surface area contributed by atoms with Crippen LogP contribution in [0.15, 0.2) is 0 Å². The lowest BCUT2D eigenvalue weighted by Gasteiger charge is -2.36. The van der Waals surface area contributed by atoms with Crippen molar-refractivity contribution in [1.29, 1.82) is 0 Å². The van der Waals surface area contributed by atoms with Crippen molar-refractivity contribution in [3.8, 4) is 0 Å². The zero-order valence-electron chi connectivity index (χ0n) is 9.85. The van der Waals surface area contributed by atoms with Crippen LogP contribution in [0.4, 0.5) is 0 Å². The number of hydrogen-bond acceptors (Lipinski definition) is 1. The molecule has 1 fully saturated rings. The fraction of sp³-hybridized carbons (Fsp3) is 1.00. The minimum absolute atomic E-state index is 0.00896. The van der Waals surface area contributed by atoms with Gasteiger partial charge in [-0.3, -0.25) is 0 Å². The van der Waals surface area contributed by atoms with E-state index in [1.807, 2.05) is 0 Å². The van der Waals surface area contributed by atoms with E-state index in [1.165, 1.54) is 19.3 Å². The average molecular weight is 263 g/mol. The molecule has 3 atom stereocenters. The van der Waals surface area contributed by atoms with Crippen LogP contribution in [0.2, 0.25) is 0 Å². The minimum Gasteiger partial charge on any atom is -0.371 e. The van der Waals surface area contributed by atoms with Crippen LogP contribution in [-0.2, 0) is 4.74 Å². The molecule has 0 amide bonds. The van der Waals surface area contributed by atoms with Crippen molar-refractivity contribution in [2.45, 2.75) is 58.7 Å². The Morgan fingerprint density at radius 2 is 1.86 bits per heavy atom. The first-order chi connectivity index (χ1) is 6.44. The summed E-state index contributed by atoms with van der Waals surface area (Å²) in [6, 6.07) is 0. The molecule has 2 heteroatoms. The van der Waals surface area contributed by atoms with Crippen LogP contribution in [-0.4, -0.2) is 17.0 Å². The fourth-order valence-corrected chi connectivity index (χ4v) is 2.22. The highest BCUT2D eigenvalue weighted by Crippen LogP contribution is 2.33. The fourth-order valence-electron chi connectivity index (χ4n) is 2.09. The van der Waals surface area contributed by atoms with Gasteiger partial charge in [-0.2, -0.15) is 0 Å². The highest BCUT2D eigenvalue weighted by atomic mass is 79.9. The molecule has 0 spiro atoms. The van der Waals surface area contributed by atoms with Crippen molar-refractivity contribution >= 4 is 15.9 Å². The van der Waals surface area contributed by atoms with Crippen LogP contribution in [0, 0.1) is 11.8 Å². The number of rotatable bonds is 3. The second kappa shape index (κ2) is 4.98. The molecule has 3 unspecified atom stereocenters. The predicted octanol–water partition coefficient (Wildman–Crippen LogP) is 4.00. The van der Waals surface area contributed by atoms with E-state index in [0.29, 0.717) is 6.10 Å². The molecule has 1 aliphatic rings. The molecule has 0 aromatic heterocycles. The predicted molar refractivity (Wildman–Crippen MR) is 64.9 cm³/mol. The van der Waals surface area contributed by atoms with Gasteiger partial charge in [0.1, 0.15) is 0 Å². The normalized spacial score (nSPS) is 34.5. The second-order valence-corrected chi connectivity index (χ2v) is 5.96. The third kappa shape index (κ3) is 3.54. The van der Waals surface area contributed by atoms with E-state index in [1.54, 1.807) is 0 Å². The molecule has 1 nitrogen and oxygen atoms in total. The van der Waals surface area contributed by atoms with Crippen molar-refractivity contribution in [2.75, 3.05) is 5.33 Å². The summed E-state index contributed by atoms with van der Waals surface area (Å²) < 4.78 is 6.10. The summed E-state index contributed by atoms with van der Waals surface area (Å²) in [5.74, 6) is 1.70. The van der Waals surface area contributed by atoms with Crippen LogP contribution in [0.5, 0.6) is 0 Å². The molecule has 84 valence electrons. The van der Waals surface area contributed by atoms with Crippen LogP contribution >= 0.6 is 15.9 Å². The Morgan fingerprint density at radius 1 is 1.21 bits per heavy atom. The monoisotopic (exact) mass is 262 g/mol. The van der Waals surface area contributed by atoms with E-state index >= 15 is 0 Å². The van der Waals surface area contributed by atoms with Crippen molar-refractivity contribution in [3.05, 3.63) is 0 Å². The molecule has 0 N–H and O–H groups in total. The standard InChI is InChI=1S/C12H23BrO/c1-9-5-6-11(7-10(9)2)14-12(3,4)8-13/h9-11H,5-8H2,1-4H3. The van der Waals surface area contributed by atoms with Crippen LogP contribution in [0.25, 0.3) is 0 Å². The number of hydrogen-bond donors (Lipinski definition) is 0. The van der Waals surface area contributed by atoms with E-state index < -0.39 is 0 Å². The Hall–Kier alpha value is 0.440. The first kappa shape index (κ1) is 12.5. The van der Waals surface area contributed by atoms with Gasteiger partial charge in [-0.25, -0.2) is 0 Å². The van der Waals surface area contributed by atoms with Gasteiger partial charge < -0.3 is 4.74 Å². The molecule has 0 heterocycles. The summed E-state index contributed by atoms with van der Waals surface area (Å²) in [5, 5.41) is 0.917. The largest absolute Gasteiger partial charge is 0.371 e. The van der Waals surface area contributed by atoms with Crippen LogP contribution in [0.3, 0.4) is 0 Å². The van der Waals surface area contributed by atoms with Crippen molar-refractivity contribution < 1.29 is 4.74 Å². The maximum Gasteiger partial charge on any atom is 0.0726 e. The molecule has 0 aromatic carbocycles. The van der Waals surface area contributed by atoms with Gasteiger partial charge in [0.15, 0.2) is 0 Å². The maximum atomic E-state index is 6.10. The van der Waals surface area contributed by atoms with Gasteiger partial charge in [-0.05, 0) is 44.9 Å². The Morgan fingerprint density at radius 3 is 2.36 bits per heavy atom. The zero-order chi connectivity index (χ0) is 10.8. The van der Waals surface area contributed by atoms with Crippen molar-refractivity contribution in [3.63, 3.8) is 0 Å². The Bertz CT molecular complexity index is 179. The second-order valence-electron chi connectivity index (χ2n) is 5.40. The Kier molecular flexibility index (Phi) is 4.45. The molecule has 0 saturated heterocycles. The smallest absolute Gasteiger partial charge is 0.0726 e. The van der Waals surface area contributed by atoms with E-state index in [4.69, 9.17) is 4.74 Å². The quantitative estimate of drug-likeness (QED) is 0.699. The highest BCUT2D eigenvalue weighted by Gasteiger charge is 2.29. The number of ether oxygens (including phenoxy) is 1. The maximum absolute atomic E-state index is 6.10. The zero-order valence-corrected chi connectivity index (χ0v) is 11.4. The molecule has 0 aromatic rings. The molecule has 1 aliphatic carbocycles. The molecule has 0 aliphatic heterocycles. The van der Waals surface area contributed by atoms with Crippen molar-refractivity contribution in [1.82, 2.24) is 0 Å². The summed E-state index contributed by atoms with van der Waals surface area (Å²) in [7, 11) is 0. The minimum atomic E-state index is -0.00896. The number of alkyl halides is 1.